The molecule has 3 rings (SSSR count). The Morgan fingerprint density at radius 3 is 2.75 bits per heavy atom. The molecular weight excluding hydrogens is 308 g/mol. The fourth-order valence-corrected chi connectivity index (χ4v) is 2.45. The lowest BCUT2D eigenvalue weighted by molar-refractivity contribution is -0.115. The van der Waals surface area contributed by atoms with Gasteiger partial charge >= 0.3 is 0 Å². The predicted octanol–water partition coefficient (Wildman–Crippen LogP) is 2.97. The van der Waals surface area contributed by atoms with E-state index in [4.69, 9.17) is 19.9 Å². The average Bonchev–Trinajstić information content (AvgIpc) is 2.94. The molecule has 0 atom stereocenters. The van der Waals surface area contributed by atoms with Gasteiger partial charge in [-0.15, -0.1) is 0 Å². The van der Waals surface area contributed by atoms with Gasteiger partial charge in [0.25, 0.3) is 0 Å². The molecule has 24 heavy (non-hydrogen) atoms. The molecule has 0 saturated heterocycles. The van der Waals surface area contributed by atoms with E-state index in [1.807, 2.05) is 38.1 Å². The van der Waals surface area contributed by atoms with Crippen LogP contribution in [0.5, 0.6) is 17.2 Å². The van der Waals surface area contributed by atoms with Crippen LogP contribution in [0.3, 0.4) is 0 Å². The van der Waals surface area contributed by atoms with Crippen molar-refractivity contribution in [1.29, 1.82) is 0 Å². The Labute approximate surface area is 140 Å². The summed E-state index contributed by atoms with van der Waals surface area (Å²) in [5, 5.41) is 2.81. The zero-order valence-electron chi connectivity index (χ0n) is 13.7. The van der Waals surface area contributed by atoms with Gasteiger partial charge in [0.05, 0.1) is 23.9 Å². The summed E-state index contributed by atoms with van der Waals surface area (Å²) in [6.07, 6.45) is 0.311. The number of rotatable bonds is 5. The van der Waals surface area contributed by atoms with Crippen LogP contribution in [0.4, 0.5) is 11.4 Å². The lowest BCUT2D eigenvalue weighted by Crippen LogP contribution is -2.15. The highest BCUT2D eigenvalue weighted by Crippen LogP contribution is 2.38. The van der Waals surface area contributed by atoms with Crippen LogP contribution in [0.15, 0.2) is 36.4 Å². The summed E-state index contributed by atoms with van der Waals surface area (Å²) < 4.78 is 16.2. The second kappa shape index (κ2) is 6.70. The molecule has 0 spiro atoms. The number of nitrogen functional groups attached to an aromatic ring is 1. The highest BCUT2D eigenvalue weighted by Gasteiger charge is 2.17. The molecule has 0 unspecified atom stereocenters. The second-order valence-electron chi connectivity index (χ2n) is 5.83. The first-order valence-corrected chi connectivity index (χ1v) is 7.76. The van der Waals surface area contributed by atoms with Gasteiger partial charge < -0.3 is 25.3 Å². The van der Waals surface area contributed by atoms with Crippen molar-refractivity contribution in [1.82, 2.24) is 0 Å². The van der Waals surface area contributed by atoms with Crippen molar-refractivity contribution in [3.05, 3.63) is 42.0 Å². The number of anilines is 2. The quantitative estimate of drug-likeness (QED) is 0.825. The molecule has 1 aliphatic rings. The van der Waals surface area contributed by atoms with E-state index in [1.165, 1.54) is 0 Å². The van der Waals surface area contributed by atoms with Crippen molar-refractivity contribution < 1.29 is 19.0 Å². The highest BCUT2D eigenvalue weighted by molar-refractivity contribution is 5.95. The Balaban J connectivity index is 1.68. The van der Waals surface area contributed by atoms with Gasteiger partial charge in [-0.2, -0.15) is 0 Å². The fourth-order valence-electron chi connectivity index (χ4n) is 2.45. The molecule has 1 heterocycles. The van der Waals surface area contributed by atoms with Gasteiger partial charge in [-0.25, -0.2) is 0 Å². The lowest BCUT2D eigenvalue weighted by atomic mass is 10.1. The van der Waals surface area contributed by atoms with Crippen LogP contribution in [-0.2, 0) is 11.2 Å². The van der Waals surface area contributed by atoms with Crippen LogP contribution in [0, 0.1) is 0 Å². The monoisotopic (exact) mass is 328 g/mol. The second-order valence-corrected chi connectivity index (χ2v) is 5.83. The largest absolute Gasteiger partial charge is 0.491 e. The molecule has 1 amide bonds. The maximum absolute atomic E-state index is 12.3. The number of benzene rings is 2. The first-order chi connectivity index (χ1) is 11.5. The first-order valence-electron chi connectivity index (χ1n) is 7.76. The van der Waals surface area contributed by atoms with E-state index in [1.54, 1.807) is 12.1 Å². The van der Waals surface area contributed by atoms with E-state index in [0.29, 0.717) is 22.9 Å². The standard InChI is InChI=1S/C18H20N2O4/c1-11(2)24-13-5-3-4-12(6-13)7-18(21)20-15-9-17-16(8-14(15)19)22-10-23-17/h3-6,8-9,11H,7,10,19H2,1-2H3,(H,20,21). The maximum atomic E-state index is 12.3. The maximum Gasteiger partial charge on any atom is 0.231 e. The van der Waals surface area contributed by atoms with Gasteiger partial charge in [0.15, 0.2) is 11.5 Å². The molecular formula is C18H20N2O4. The summed E-state index contributed by atoms with van der Waals surface area (Å²) in [4.78, 5) is 12.3. The lowest BCUT2D eigenvalue weighted by Gasteiger charge is -2.12. The summed E-state index contributed by atoms with van der Waals surface area (Å²) in [6, 6.07) is 10.8. The van der Waals surface area contributed by atoms with E-state index in [-0.39, 0.29) is 25.2 Å². The summed E-state index contributed by atoms with van der Waals surface area (Å²) in [7, 11) is 0. The van der Waals surface area contributed by atoms with Crippen LogP contribution in [-0.4, -0.2) is 18.8 Å². The normalized spacial score (nSPS) is 12.3. The number of carbonyl (C=O) groups is 1. The molecule has 0 radical (unpaired) electrons. The molecule has 6 nitrogen and oxygen atoms in total. The Morgan fingerprint density at radius 1 is 1.25 bits per heavy atom. The molecule has 6 heteroatoms. The number of hydrogen-bond donors (Lipinski definition) is 2. The van der Waals surface area contributed by atoms with Crippen LogP contribution < -0.4 is 25.3 Å². The van der Waals surface area contributed by atoms with Gasteiger partial charge in [0.1, 0.15) is 5.75 Å². The first kappa shape index (κ1) is 16.0. The predicted molar refractivity (Wildman–Crippen MR) is 91.5 cm³/mol. The Kier molecular flexibility index (Phi) is 4.46. The number of fused-ring (bicyclic) bond motifs is 1. The average molecular weight is 328 g/mol. The van der Waals surface area contributed by atoms with Crippen LogP contribution >= 0.6 is 0 Å². The zero-order valence-corrected chi connectivity index (χ0v) is 13.7. The minimum absolute atomic E-state index is 0.0857. The van der Waals surface area contributed by atoms with Crippen molar-refractivity contribution >= 4 is 17.3 Å². The Hall–Kier alpha value is -2.89. The molecule has 2 aromatic rings. The summed E-state index contributed by atoms with van der Waals surface area (Å²) >= 11 is 0. The third-order valence-corrected chi connectivity index (χ3v) is 3.45. The number of ether oxygens (including phenoxy) is 3. The Bertz CT molecular complexity index is 759. The van der Waals surface area contributed by atoms with Gasteiger partial charge in [-0.3, -0.25) is 4.79 Å². The molecule has 0 bridgehead atoms. The molecule has 3 N–H and O–H groups in total. The smallest absolute Gasteiger partial charge is 0.231 e. The third-order valence-electron chi connectivity index (χ3n) is 3.45. The van der Waals surface area contributed by atoms with E-state index in [9.17, 15) is 4.79 Å². The van der Waals surface area contributed by atoms with E-state index < -0.39 is 0 Å². The van der Waals surface area contributed by atoms with Crippen molar-refractivity contribution in [3.8, 4) is 17.2 Å². The summed E-state index contributed by atoms with van der Waals surface area (Å²) in [5.41, 5.74) is 7.76. The molecule has 0 aromatic heterocycles. The molecule has 1 aliphatic heterocycles. The van der Waals surface area contributed by atoms with Crippen LogP contribution in [0.1, 0.15) is 19.4 Å². The van der Waals surface area contributed by atoms with Crippen molar-refractivity contribution in [2.75, 3.05) is 17.8 Å². The summed E-state index contributed by atoms with van der Waals surface area (Å²) in [6.45, 7) is 4.08. The molecule has 0 fully saturated rings. The van der Waals surface area contributed by atoms with Gasteiger partial charge in [0.2, 0.25) is 12.7 Å². The van der Waals surface area contributed by atoms with E-state index >= 15 is 0 Å². The molecule has 0 saturated carbocycles. The summed E-state index contributed by atoms with van der Waals surface area (Å²) in [5.74, 6) is 1.75. The van der Waals surface area contributed by atoms with Crippen molar-refractivity contribution in [2.45, 2.75) is 26.4 Å². The van der Waals surface area contributed by atoms with E-state index in [0.717, 1.165) is 11.3 Å². The topological polar surface area (TPSA) is 82.8 Å². The number of carbonyl (C=O) groups excluding carboxylic acids is 1. The van der Waals surface area contributed by atoms with Crippen molar-refractivity contribution in [2.24, 2.45) is 0 Å². The zero-order chi connectivity index (χ0) is 17.1. The number of nitrogens with two attached hydrogens (primary N) is 1. The molecule has 0 aliphatic carbocycles. The molecule has 2 aromatic carbocycles. The fraction of sp³-hybridized carbons (Fsp3) is 0.278. The number of amides is 1. The minimum Gasteiger partial charge on any atom is -0.491 e. The molecule has 126 valence electrons. The highest BCUT2D eigenvalue weighted by atomic mass is 16.7. The number of nitrogens with one attached hydrogen (secondary N) is 1. The van der Waals surface area contributed by atoms with Gasteiger partial charge in [-0.05, 0) is 31.5 Å². The van der Waals surface area contributed by atoms with Crippen LogP contribution in [0.25, 0.3) is 0 Å². The third kappa shape index (κ3) is 3.71. The Morgan fingerprint density at radius 2 is 2.00 bits per heavy atom. The van der Waals surface area contributed by atoms with Crippen LogP contribution in [0.2, 0.25) is 0 Å². The van der Waals surface area contributed by atoms with Gasteiger partial charge in [-0.1, -0.05) is 12.1 Å². The minimum atomic E-state index is -0.165. The van der Waals surface area contributed by atoms with E-state index in [2.05, 4.69) is 5.32 Å². The SMILES string of the molecule is CC(C)Oc1cccc(CC(=O)Nc2cc3c(cc2N)OCO3)c1. The number of hydrogen-bond acceptors (Lipinski definition) is 5. The van der Waals surface area contributed by atoms with Crippen molar-refractivity contribution in [3.63, 3.8) is 0 Å². The van der Waals surface area contributed by atoms with Gasteiger partial charge in [0, 0.05) is 12.1 Å².